The van der Waals surface area contributed by atoms with Crippen LogP contribution in [0.3, 0.4) is 0 Å². The minimum Gasteiger partial charge on any atom is -0.504 e. The van der Waals surface area contributed by atoms with Crippen LogP contribution in [-0.4, -0.2) is 7.11 Å². The van der Waals surface area contributed by atoms with Gasteiger partial charge in [0.15, 0.2) is 0 Å². The van der Waals surface area contributed by atoms with Gasteiger partial charge in [-0.05, 0) is 24.1 Å². The molecule has 58 valence electrons. The largest absolute Gasteiger partial charge is 0.504 e. The van der Waals surface area contributed by atoms with E-state index in [9.17, 15) is 0 Å². The van der Waals surface area contributed by atoms with Gasteiger partial charge >= 0.3 is 0 Å². The number of hydrogen-bond acceptors (Lipinski definition) is 1. The lowest BCUT2D eigenvalue weighted by Gasteiger charge is -1.93. The van der Waals surface area contributed by atoms with Gasteiger partial charge in [-0.1, -0.05) is 12.0 Å². The van der Waals surface area contributed by atoms with Crippen molar-refractivity contribution in [2.75, 3.05) is 7.11 Å². The minimum absolute atomic E-state index is 0.768. The van der Waals surface area contributed by atoms with Crippen molar-refractivity contribution in [3.05, 3.63) is 36.6 Å². The second-order valence-electron chi connectivity index (χ2n) is 1.92. The average Bonchev–Trinajstić information content (AvgIpc) is 2.01. The molecule has 0 amide bonds. The molecule has 0 heterocycles. The number of ether oxygens (including phenoxy) is 1. The van der Waals surface area contributed by atoms with Crippen LogP contribution in [0.5, 0.6) is 0 Å². The molecular formula is C10H12O. The zero-order valence-corrected chi connectivity index (χ0v) is 6.71. The van der Waals surface area contributed by atoms with E-state index in [4.69, 9.17) is 11.2 Å². The molecule has 0 saturated carbocycles. The normalized spacial score (nSPS) is 11.1. The molecule has 0 unspecified atom stereocenters. The molecule has 0 N–H and O–H groups in total. The van der Waals surface area contributed by atoms with E-state index in [0.717, 1.165) is 12.0 Å². The zero-order chi connectivity index (χ0) is 8.53. The van der Waals surface area contributed by atoms with Crippen LogP contribution >= 0.6 is 0 Å². The predicted octanol–water partition coefficient (Wildman–Crippen LogP) is 2.28. The first-order valence-electron chi connectivity index (χ1n) is 3.30. The molecule has 0 aliphatic rings. The van der Waals surface area contributed by atoms with Crippen LogP contribution < -0.4 is 0 Å². The summed E-state index contributed by atoms with van der Waals surface area (Å²) in [5.41, 5.74) is 1.02. The molecule has 1 heteroatoms. The third-order valence-electron chi connectivity index (χ3n) is 1.07. The highest BCUT2D eigenvalue weighted by molar-refractivity contribution is 5.27. The summed E-state index contributed by atoms with van der Waals surface area (Å²) < 4.78 is 4.74. The Labute approximate surface area is 68.1 Å². The summed E-state index contributed by atoms with van der Waals surface area (Å²) in [6.07, 6.45) is 12.8. The molecule has 0 rings (SSSR count). The van der Waals surface area contributed by atoms with E-state index in [1.807, 2.05) is 6.08 Å². The van der Waals surface area contributed by atoms with Crippen LogP contribution in [0.4, 0.5) is 0 Å². The molecule has 0 aromatic carbocycles. The molecule has 0 spiro atoms. The number of rotatable bonds is 4. The maximum absolute atomic E-state index is 5.10. The van der Waals surface area contributed by atoms with Crippen molar-refractivity contribution in [2.24, 2.45) is 0 Å². The molecule has 0 bridgehead atoms. The molecule has 0 aromatic rings. The van der Waals surface area contributed by atoms with Crippen molar-refractivity contribution >= 4 is 0 Å². The molecule has 0 saturated heterocycles. The zero-order valence-electron chi connectivity index (χ0n) is 6.71. The Morgan fingerprint density at radius 2 is 2.45 bits per heavy atom. The number of allylic oxidation sites excluding steroid dienone is 4. The Hall–Kier alpha value is -1.42. The van der Waals surface area contributed by atoms with E-state index in [1.165, 1.54) is 0 Å². The molecule has 0 aliphatic heterocycles. The van der Waals surface area contributed by atoms with Gasteiger partial charge < -0.3 is 4.74 Å². The van der Waals surface area contributed by atoms with Crippen LogP contribution in [0.25, 0.3) is 0 Å². The first-order valence-corrected chi connectivity index (χ1v) is 3.30. The third kappa shape index (κ3) is 5.05. The molecule has 1 nitrogen and oxygen atoms in total. The number of hydrogen-bond donors (Lipinski definition) is 0. The average molecular weight is 148 g/mol. The van der Waals surface area contributed by atoms with Crippen LogP contribution in [0.15, 0.2) is 36.6 Å². The van der Waals surface area contributed by atoms with E-state index in [2.05, 4.69) is 12.5 Å². The van der Waals surface area contributed by atoms with Gasteiger partial charge in [0.1, 0.15) is 0 Å². The highest BCUT2D eigenvalue weighted by atomic mass is 16.5. The van der Waals surface area contributed by atoms with Crippen LogP contribution in [-0.2, 0) is 4.74 Å². The second-order valence-corrected chi connectivity index (χ2v) is 1.92. The first-order chi connectivity index (χ1) is 5.35. The summed E-state index contributed by atoms with van der Waals surface area (Å²) in [4.78, 5) is 0. The van der Waals surface area contributed by atoms with Gasteiger partial charge in [0.2, 0.25) is 0 Å². The van der Waals surface area contributed by atoms with E-state index in [-0.39, 0.29) is 0 Å². The van der Waals surface area contributed by atoms with Gasteiger partial charge in [-0.2, -0.15) is 0 Å². The van der Waals surface area contributed by atoms with Crippen LogP contribution in [0, 0.1) is 12.3 Å². The number of terminal acetylenes is 1. The van der Waals surface area contributed by atoms with Gasteiger partial charge in [-0.3, -0.25) is 0 Å². The van der Waals surface area contributed by atoms with Crippen molar-refractivity contribution in [1.82, 2.24) is 0 Å². The molecule has 0 aliphatic carbocycles. The maximum atomic E-state index is 5.10. The van der Waals surface area contributed by atoms with Gasteiger partial charge in [0.05, 0.1) is 13.4 Å². The van der Waals surface area contributed by atoms with Gasteiger partial charge in [0.25, 0.3) is 0 Å². The summed E-state index contributed by atoms with van der Waals surface area (Å²) in [7, 11) is 1.60. The lowest BCUT2D eigenvalue weighted by molar-refractivity contribution is 0.337. The van der Waals surface area contributed by atoms with Crippen molar-refractivity contribution in [2.45, 2.75) is 6.42 Å². The highest BCUT2D eigenvalue weighted by Gasteiger charge is 1.85. The van der Waals surface area contributed by atoms with E-state index in [1.54, 1.807) is 25.5 Å². The topological polar surface area (TPSA) is 9.23 Å². The fraction of sp³-hybridized carbons (Fsp3) is 0.200. The smallest absolute Gasteiger partial charge is 0.0827 e. The van der Waals surface area contributed by atoms with Crippen molar-refractivity contribution in [1.29, 1.82) is 0 Å². The number of methoxy groups -OCH3 is 1. The van der Waals surface area contributed by atoms with E-state index >= 15 is 0 Å². The van der Waals surface area contributed by atoms with Crippen molar-refractivity contribution in [3.8, 4) is 12.3 Å². The molecule has 0 radical (unpaired) electrons. The van der Waals surface area contributed by atoms with Gasteiger partial charge in [-0.25, -0.2) is 0 Å². The molecule has 0 aromatic heterocycles. The SMILES string of the molecule is C#C/C=C(\C=C\OC)CC=C. The summed E-state index contributed by atoms with van der Waals surface area (Å²) >= 11 is 0. The summed E-state index contributed by atoms with van der Waals surface area (Å²) in [6.45, 7) is 3.61. The van der Waals surface area contributed by atoms with Gasteiger partial charge in [-0.15, -0.1) is 13.0 Å². The van der Waals surface area contributed by atoms with Crippen molar-refractivity contribution < 1.29 is 4.74 Å². The molecule has 0 fully saturated rings. The monoisotopic (exact) mass is 148 g/mol. The van der Waals surface area contributed by atoms with Crippen LogP contribution in [0.2, 0.25) is 0 Å². The summed E-state index contributed by atoms with van der Waals surface area (Å²) in [5, 5.41) is 0. The maximum Gasteiger partial charge on any atom is 0.0827 e. The minimum atomic E-state index is 0.768. The van der Waals surface area contributed by atoms with Gasteiger partial charge in [0, 0.05) is 0 Å². The third-order valence-corrected chi connectivity index (χ3v) is 1.07. The fourth-order valence-corrected chi connectivity index (χ4v) is 0.604. The summed E-state index contributed by atoms with van der Waals surface area (Å²) in [6, 6.07) is 0. The fourth-order valence-electron chi connectivity index (χ4n) is 0.604. The quantitative estimate of drug-likeness (QED) is 0.257. The standard InChI is InChI=1S/C10H12O/c1-4-6-10(7-5-2)8-9-11-3/h1,5-6,8-9H,2,7H2,3H3/b9-8+,10-6-. The van der Waals surface area contributed by atoms with Crippen molar-refractivity contribution in [3.63, 3.8) is 0 Å². The summed E-state index contributed by atoms with van der Waals surface area (Å²) in [5.74, 6) is 2.44. The predicted molar refractivity (Wildman–Crippen MR) is 47.9 cm³/mol. The van der Waals surface area contributed by atoms with E-state index in [0.29, 0.717) is 0 Å². The Balaban J connectivity index is 4.13. The second kappa shape index (κ2) is 6.70. The van der Waals surface area contributed by atoms with Crippen LogP contribution in [0.1, 0.15) is 6.42 Å². The lowest BCUT2D eigenvalue weighted by atomic mass is 10.2. The molecular weight excluding hydrogens is 136 g/mol. The Kier molecular flexibility index (Phi) is 5.83. The Bertz CT molecular complexity index is 203. The Morgan fingerprint density at radius 3 is 2.91 bits per heavy atom. The Morgan fingerprint density at radius 1 is 1.73 bits per heavy atom. The van der Waals surface area contributed by atoms with E-state index < -0.39 is 0 Å². The molecule has 0 atom stereocenters. The molecule has 11 heavy (non-hydrogen) atoms. The lowest BCUT2D eigenvalue weighted by Crippen LogP contribution is -1.75. The highest BCUT2D eigenvalue weighted by Crippen LogP contribution is 2.02. The first kappa shape index (κ1) is 9.58.